The van der Waals surface area contributed by atoms with Crippen LogP contribution in [0.15, 0.2) is 4.42 Å². The van der Waals surface area contributed by atoms with Gasteiger partial charge < -0.3 is 9.15 Å². The number of carbonyl (C=O) groups is 1. The number of nitrogens with zero attached hydrogens (tertiary/aromatic N) is 2. The van der Waals surface area contributed by atoms with Gasteiger partial charge in [-0.05, 0) is 19.8 Å². The Bertz CT molecular complexity index is 359. The summed E-state index contributed by atoms with van der Waals surface area (Å²) in [6, 6.07) is 0.144. The van der Waals surface area contributed by atoms with Gasteiger partial charge in [0.2, 0.25) is 5.89 Å². The maximum absolute atomic E-state index is 11.4. The first-order chi connectivity index (χ1) is 7.20. The molecule has 0 aromatic carbocycles. The van der Waals surface area contributed by atoms with Gasteiger partial charge in [0.05, 0.1) is 0 Å². The summed E-state index contributed by atoms with van der Waals surface area (Å²) in [5, 5.41) is 10.1. The Morgan fingerprint density at radius 1 is 1.60 bits per heavy atom. The Kier molecular flexibility index (Phi) is 2.68. The van der Waals surface area contributed by atoms with Crippen molar-refractivity contribution in [3.8, 4) is 0 Å². The van der Waals surface area contributed by atoms with Crippen LogP contribution in [0.5, 0.6) is 0 Å². The van der Waals surface area contributed by atoms with Crippen molar-refractivity contribution in [1.82, 2.24) is 10.2 Å². The fourth-order valence-electron chi connectivity index (χ4n) is 1.09. The highest BCUT2D eigenvalue weighted by Crippen LogP contribution is 2.39. The van der Waals surface area contributed by atoms with Crippen molar-refractivity contribution >= 4 is 11.9 Å². The maximum atomic E-state index is 11.4. The molecule has 2 rings (SSSR count). The van der Waals surface area contributed by atoms with Crippen LogP contribution in [0.25, 0.3) is 0 Å². The Labute approximate surface area is 87.0 Å². The van der Waals surface area contributed by atoms with Gasteiger partial charge in [0.1, 0.15) is 6.10 Å². The van der Waals surface area contributed by atoms with Gasteiger partial charge in [-0.2, -0.15) is 0 Å². The summed E-state index contributed by atoms with van der Waals surface area (Å²) in [4.78, 5) is 11.4. The molecule has 0 saturated heterocycles. The zero-order chi connectivity index (χ0) is 10.8. The van der Waals surface area contributed by atoms with Crippen molar-refractivity contribution in [2.75, 3.05) is 12.4 Å². The van der Waals surface area contributed by atoms with Crippen molar-refractivity contribution < 1.29 is 13.9 Å². The van der Waals surface area contributed by atoms with E-state index < -0.39 is 6.10 Å². The second kappa shape index (κ2) is 3.98. The second-order valence-electron chi connectivity index (χ2n) is 3.59. The molecular formula is C9H13N3O3. The van der Waals surface area contributed by atoms with Gasteiger partial charge in [-0.3, -0.25) is 10.1 Å². The smallest absolute Gasteiger partial charge is 0.322 e. The summed E-state index contributed by atoms with van der Waals surface area (Å²) in [5.74, 6) is 0.710. The van der Waals surface area contributed by atoms with Gasteiger partial charge in [-0.25, -0.2) is 0 Å². The van der Waals surface area contributed by atoms with Crippen LogP contribution in [0.1, 0.15) is 31.6 Å². The lowest BCUT2D eigenvalue weighted by Gasteiger charge is -2.06. The molecule has 0 spiro atoms. The van der Waals surface area contributed by atoms with E-state index in [-0.39, 0.29) is 11.9 Å². The van der Waals surface area contributed by atoms with E-state index in [9.17, 15) is 4.79 Å². The number of ether oxygens (including phenoxy) is 1. The largest absolute Gasteiger partial charge is 0.408 e. The Morgan fingerprint density at radius 3 is 2.93 bits per heavy atom. The zero-order valence-corrected chi connectivity index (χ0v) is 8.69. The molecule has 1 unspecified atom stereocenters. The molecule has 1 aromatic rings. The molecule has 82 valence electrons. The number of hydrogen-bond donors (Lipinski definition) is 1. The summed E-state index contributed by atoms with van der Waals surface area (Å²) in [6.07, 6.45) is 1.65. The number of amides is 1. The third-order valence-electron chi connectivity index (χ3n) is 2.32. The molecule has 1 aliphatic rings. The Morgan fingerprint density at radius 2 is 2.33 bits per heavy atom. The van der Waals surface area contributed by atoms with E-state index in [0.717, 1.165) is 12.8 Å². The number of aromatic nitrogens is 2. The van der Waals surface area contributed by atoms with Crippen LogP contribution in [0.3, 0.4) is 0 Å². The van der Waals surface area contributed by atoms with E-state index in [4.69, 9.17) is 9.15 Å². The van der Waals surface area contributed by atoms with Crippen molar-refractivity contribution in [2.24, 2.45) is 0 Å². The van der Waals surface area contributed by atoms with Gasteiger partial charge in [0, 0.05) is 13.0 Å². The summed E-state index contributed by atoms with van der Waals surface area (Å²) < 4.78 is 10.1. The molecule has 0 bridgehead atoms. The molecule has 0 aliphatic heterocycles. The maximum Gasteiger partial charge on any atom is 0.322 e. The number of methoxy groups -OCH3 is 1. The molecular weight excluding hydrogens is 198 g/mol. The number of hydrogen-bond acceptors (Lipinski definition) is 5. The third kappa shape index (κ3) is 2.33. The van der Waals surface area contributed by atoms with E-state index in [2.05, 4.69) is 15.5 Å². The fourth-order valence-corrected chi connectivity index (χ4v) is 1.09. The summed E-state index contributed by atoms with van der Waals surface area (Å²) in [6.45, 7) is 1.65. The highest BCUT2D eigenvalue weighted by molar-refractivity contribution is 5.91. The molecule has 1 amide bonds. The molecule has 1 heterocycles. The highest BCUT2D eigenvalue weighted by atomic mass is 16.5. The second-order valence-corrected chi connectivity index (χ2v) is 3.59. The van der Waals surface area contributed by atoms with Crippen LogP contribution in [0.4, 0.5) is 6.01 Å². The molecule has 1 aromatic heterocycles. The van der Waals surface area contributed by atoms with Gasteiger partial charge in [0.15, 0.2) is 0 Å². The lowest BCUT2D eigenvalue weighted by molar-refractivity contribution is -0.124. The lowest BCUT2D eigenvalue weighted by Crippen LogP contribution is -2.26. The van der Waals surface area contributed by atoms with Crippen molar-refractivity contribution in [3.05, 3.63) is 5.89 Å². The zero-order valence-electron chi connectivity index (χ0n) is 8.69. The number of anilines is 1. The molecule has 6 nitrogen and oxygen atoms in total. The van der Waals surface area contributed by atoms with Crippen LogP contribution < -0.4 is 5.32 Å². The molecule has 1 N–H and O–H groups in total. The SMILES string of the molecule is COC(C)C(=O)Nc1nnc(C2CC2)o1. The van der Waals surface area contributed by atoms with Gasteiger partial charge in [-0.15, -0.1) is 5.10 Å². The fraction of sp³-hybridized carbons (Fsp3) is 0.667. The molecule has 0 radical (unpaired) electrons. The van der Waals surface area contributed by atoms with Crippen molar-refractivity contribution in [2.45, 2.75) is 31.8 Å². The van der Waals surface area contributed by atoms with E-state index in [1.807, 2.05) is 0 Å². The molecule has 1 fully saturated rings. The monoisotopic (exact) mass is 211 g/mol. The van der Waals surface area contributed by atoms with E-state index in [1.54, 1.807) is 6.92 Å². The summed E-state index contributed by atoms with van der Waals surface area (Å²) in [5.41, 5.74) is 0. The van der Waals surface area contributed by atoms with Crippen molar-refractivity contribution in [1.29, 1.82) is 0 Å². The van der Waals surface area contributed by atoms with Crippen LogP contribution in [0, 0.1) is 0 Å². The molecule has 1 aliphatic carbocycles. The van der Waals surface area contributed by atoms with E-state index in [0.29, 0.717) is 11.8 Å². The topological polar surface area (TPSA) is 77.2 Å². The van der Waals surface area contributed by atoms with Crippen molar-refractivity contribution in [3.63, 3.8) is 0 Å². The average molecular weight is 211 g/mol. The molecule has 6 heteroatoms. The van der Waals surface area contributed by atoms with E-state index in [1.165, 1.54) is 7.11 Å². The molecule has 1 atom stereocenters. The first-order valence-electron chi connectivity index (χ1n) is 4.87. The van der Waals surface area contributed by atoms with Crippen LogP contribution in [0.2, 0.25) is 0 Å². The first-order valence-corrected chi connectivity index (χ1v) is 4.87. The summed E-state index contributed by atoms with van der Waals surface area (Å²) >= 11 is 0. The minimum Gasteiger partial charge on any atom is -0.408 e. The standard InChI is InChI=1S/C9H13N3O3/c1-5(14-2)7(13)10-9-12-11-8(15-9)6-3-4-6/h5-6H,3-4H2,1-2H3,(H,10,12,13). The number of carbonyl (C=O) groups excluding carboxylic acids is 1. The summed E-state index contributed by atoms with van der Waals surface area (Å²) in [7, 11) is 1.47. The van der Waals surface area contributed by atoms with Crippen LogP contribution in [-0.4, -0.2) is 29.3 Å². The Balaban J connectivity index is 1.95. The predicted molar refractivity (Wildman–Crippen MR) is 51.4 cm³/mol. The lowest BCUT2D eigenvalue weighted by atomic mass is 10.4. The normalized spacial score (nSPS) is 17.5. The highest BCUT2D eigenvalue weighted by Gasteiger charge is 2.29. The number of nitrogens with one attached hydrogen (secondary N) is 1. The molecule has 1 saturated carbocycles. The quantitative estimate of drug-likeness (QED) is 0.801. The predicted octanol–water partition coefficient (Wildman–Crippen LogP) is 0.920. The van der Waals surface area contributed by atoms with Gasteiger partial charge >= 0.3 is 6.01 Å². The third-order valence-corrected chi connectivity index (χ3v) is 2.32. The minimum atomic E-state index is -0.527. The van der Waals surface area contributed by atoms with E-state index >= 15 is 0 Å². The Hall–Kier alpha value is -1.43. The van der Waals surface area contributed by atoms with Gasteiger partial charge in [-0.1, -0.05) is 5.10 Å². The van der Waals surface area contributed by atoms with Crippen LogP contribution in [-0.2, 0) is 9.53 Å². The van der Waals surface area contributed by atoms with Gasteiger partial charge in [0.25, 0.3) is 5.91 Å². The average Bonchev–Trinajstić information content (AvgIpc) is 2.99. The van der Waals surface area contributed by atoms with Crippen LogP contribution >= 0.6 is 0 Å². The first kappa shape index (κ1) is 10.1. The number of rotatable bonds is 4. The minimum absolute atomic E-state index is 0.144. The molecule has 15 heavy (non-hydrogen) atoms.